The lowest BCUT2D eigenvalue weighted by atomic mass is 10.1. The lowest BCUT2D eigenvalue weighted by molar-refractivity contribution is -0.133. The van der Waals surface area contributed by atoms with Gasteiger partial charge in [-0.25, -0.2) is 0 Å². The molecule has 1 aromatic carbocycles. The van der Waals surface area contributed by atoms with E-state index in [9.17, 15) is 9.00 Å². The third-order valence-electron chi connectivity index (χ3n) is 2.89. The monoisotopic (exact) mass is 299 g/mol. The van der Waals surface area contributed by atoms with E-state index in [1.807, 2.05) is 44.5 Å². The minimum atomic E-state index is -0.952. The molecule has 0 aliphatic heterocycles. The fourth-order valence-electron chi connectivity index (χ4n) is 1.84. The maximum Gasteiger partial charge on any atom is 0.226 e. The zero-order valence-electron chi connectivity index (χ0n) is 11.9. The summed E-state index contributed by atoms with van der Waals surface area (Å²) < 4.78 is 11.3. The van der Waals surface area contributed by atoms with Crippen molar-refractivity contribution in [3.8, 4) is 0 Å². The van der Waals surface area contributed by atoms with Crippen LogP contribution in [0.4, 0.5) is 0 Å². The fourth-order valence-corrected chi connectivity index (χ4v) is 3.00. The average Bonchev–Trinajstić information content (AvgIpc) is 2.38. The molecule has 5 heteroatoms. The van der Waals surface area contributed by atoms with E-state index in [-0.39, 0.29) is 11.8 Å². The predicted octanol–water partition coefficient (Wildman–Crippen LogP) is 2.38. The van der Waals surface area contributed by atoms with Gasteiger partial charge in [0.15, 0.2) is 0 Å². The Hall–Kier alpha value is -0.810. The number of benzene rings is 1. The highest BCUT2D eigenvalue weighted by Gasteiger charge is 2.16. The molecule has 1 rings (SSSR count). The Morgan fingerprint density at radius 2 is 1.95 bits per heavy atom. The Bertz CT molecular complexity index is 445. The molecule has 1 amide bonds. The van der Waals surface area contributed by atoms with Crippen LogP contribution in [0.3, 0.4) is 0 Å². The van der Waals surface area contributed by atoms with E-state index in [4.69, 9.17) is 0 Å². The number of hydrogen-bond donors (Lipinski definition) is 0. The standard InChI is InChI=1S/C14H21NO2S2/c1-11(10-18-3)14(16)15(2)9-12-5-7-13(8-6-12)19(4)17/h5-8,11H,9-10H2,1-4H3. The molecule has 0 saturated carbocycles. The molecule has 0 saturated heterocycles. The number of nitrogens with zero attached hydrogens (tertiary/aromatic N) is 1. The molecule has 0 aliphatic carbocycles. The zero-order valence-corrected chi connectivity index (χ0v) is 13.5. The minimum Gasteiger partial charge on any atom is -0.341 e. The third-order valence-corrected chi connectivity index (χ3v) is 4.66. The molecule has 0 heterocycles. The second kappa shape index (κ2) is 7.70. The molecule has 0 fully saturated rings. The summed E-state index contributed by atoms with van der Waals surface area (Å²) in [6.45, 7) is 2.55. The first-order chi connectivity index (χ1) is 8.95. The van der Waals surface area contributed by atoms with Gasteiger partial charge < -0.3 is 4.90 Å². The molecule has 1 aromatic rings. The van der Waals surface area contributed by atoms with Crippen LogP contribution in [0.5, 0.6) is 0 Å². The van der Waals surface area contributed by atoms with Gasteiger partial charge in [0, 0.05) is 47.2 Å². The normalized spacial score (nSPS) is 13.9. The van der Waals surface area contributed by atoms with Gasteiger partial charge in [0.25, 0.3) is 0 Å². The van der Waals surface area contributed by atoms with Crippen LogP contribution >= 0.6 is 11.8 Å². The fraction of sp³-hybridized carbons (Fsp3) is 0.500. The van der Waals surface area contributed by atoms with Crippen LogP contribution in [0, 0.1) is 5.92 Å². The summed E-state index contributed by atoms with van der Waals surface area (Å²) in [4.78, 5) is 14.6. The Balaban J connectivity index is 2.63. The van der Waals surface area contributed by atoms with Crippen molar-refractivity contribution in [2.24, 2.45) is 5.92 Å². The smallest absolute Gasteiger partial charge is 0.226 e. The number of carbonyl (C=O) groups is 1. The van der Waals surface area contributed by atoms with Gasteiger partial charge in [-0.3, -0.25) is 9.00 Å². The highest BCUT2D eigenvalue weighted by atomic mass is 32.2. The third kappa shape index (κ3) is 4.99. The van der Waals surface area contributed by atoms with Crippen molar-refractivity contribution in [2.45, 2.75) is 18.4 Å². The Labute approximate surface area is 122 Å². The molecule has 0 aromatic heterocycles. The van der Waals surface area contributed by atoms with Gasteiger partial charge in [0.1, 0.15) is 0 Å². The van der Waals surface area contributed by atoms with E-state index < -0.39 is 10.8 Å². The Morgan fingerprint density at radius 3 is 2.42 bits per heavy atom. The first kappa shape index (κ1) is 16.2. The van der Waals surface area contributed by atoms with E-state index in [0.29, 0.717) is 6.54 Å². The molecule has 106 valence electrons. The van der Waals surface area contributed by atoms with Gasteiger partial charge in [0.05, 0.1) is 0 Å². The van der Waals surface area contributed by atoms with Crippen LogP contribution in [0.15, 0.2) is 29.2 Å². The van der Waals surface area contributed by atoms with Crippen molar-refractivity contribution in [1.82, 2.24) is 4.90 Å². The number of carbonyl (C=O) groups excluding carboxylic acids is 1. The van der Waals surface area contributed by atoms with Crippen LogP contribution < -0.4 is 0 Å². The van der Waals surface area contributed by atoms with Gasteiger partial charge >= 0.3 is 0 Å². The van der Waals surface area contributed by atoms with Gasteiger partial charge in [-0.05, 0) is 24.0 Å². The summed E-state index contributed by atoms with van der Waals surface area (Å²) in [6, 6.07) is 7.57. The van der Waals surface area contributed by atoms with E-state index in [1.165, 1.54) is 0 Å². The molecule has 2 unspecified atom stereocenters. The van der Waals surface area contributed by atoms with Crippen molar-refractivity contribution in [3.63, 3.8) is 0 Å². The van der Waals surface area contributed by atoms with Crippen molar-refractivity contribution in [1.29, 1.82) is 0 Å². The molecule has 19 heavy (non-hydrogen) atoms. The van der Waals surface area contributed by atoms with Crippen LogP contribution in [-0.4, -0.2) is 40.3 Å². The molecule has 0 bridgehead atoms. The second-order valence-corrected chi connectivity index (χ2v) is 6.94. The number of rotatable bonds is 6. The van der Waals surface area contributed by atoms with Crippen molar-refractivity contribution in [3.05, 3.63) is 29.8 Å². The Morgan fingerprint density at radius 1 is 1.37 bits per heavy atom. The van der Waals surface area contributed by atoms with E-state index in [1.54, 1.807) is 22.9 Å². The number of thioether (sulfide) groups is 1. The molecular weight excluding hydrogens is 278 g/mol. The SMILES string of the molecule is CSCC(C)C(=O)N(C)Cc1ccc(S(C)=O)cc1. The van der Waals surface area contributed by atoms with Gasteiger partial charge in [-0.1, -0.05) is 19.1 Å². The topological polar surface area (TPSA) is 37.4 Å². The second-order valence-electron chi connectivity index (χ2n) is 4.65. The van der Waals surface area contributed by atoms with E-state index in [0.717, 1.165) is 16.2 Å². The van der Waals surface area contributed by atoms with E-state index in [2.05, 4.69) is 0 Å². The summed E-state index contributed by atoms with van der Waals surface area (Å²) >= 11 is 1.69. The number of amides is 1. The number of hydrogen-bond acceptors (Lipinski definition) is 3. The van der Waals surface area contributed by atoms with Crippen LogP contribution in [-0.2, 0) is 22.1 Å². The molecule has 2 atom stereocenters. The minimum absolute atomic E-state index is 0.0439. The summed E-state index contributed by atoms with van der Waals surface area (Å²) in [5.74, 6) is 1.05. The highest BCUT2D eigenvalue weighted by molar-refractivity contribution is 7.98. The molecule has 3 nitrogen and oxygen atoms in total. The first-order valence-corrected chi connectivity index (χ1v) is 9.07. The summed E-state index contributed by atoms with van der Waals surface area (Å²) in [5, 5.41) is 0. The zero-order chi connectivity index (χ0) is 14.4. The van der Waals surface area contributed by atoms with Gasteiger partial charge in [0.2, 0.25) is 5.91 Å². The van der Waals surface area contributed by atoms with Crippen molar-refractivity contribution >= 4 is 28.5 Å². The summed E-state index contributed by atoms with van der Waals surface area (Å²) in [7, 11) is 0.872. The van der Waals surface area contributed by atoms with Crippen LogP contribution in [0.25, 0.3) is 0 Å². The molecule has 0 N–H and O–H groups in total. The first-order valence-electron chi connectivity index (χ1n) is 6.12. The van der Waals surface area contributed by atoms with Crippen LogP contribution in [0.2, 0.25) is 0 Å². The molecule has 0 radical (unpaired) electrons. The maximum atomic E-state index is 12.1. The lowest BCUT2D eigenvalue weighted by Gasteiger charge is -2.21. The molecule has 0 aliphatic rings. The largest absolute Gasteiger partial charge is 0.341 e. The maximum absolute atomic E-state index is 12.1. The molecular formula is C14H21NO2S2. The quantitative estimate of drug-likeness (QED) is 0.809. The average molecular weight is 299 g/mol. The van der Waals surface area contributed by atoms with Crippen molar-refractivity contribution in [2.75, 3.05) is 25.3 Å². The van der Waals surface area contributed by atoms with E-state index >= 15 is 0 Å². The predicted molar refractivity (Wildman–Crippen MR) is 82.8 cm³/mol. The van der Waals surface area contributed by atoms with Gasteiger partial charge in [-0.15, -0.1) is 0 Å². The van der Waals surface area contributed by atoms with Crippen molar-refractivity contribution < 1.29 is 9.00 Å². The lowest BCUT2D eigenvalue weighted by Crippen LogP contribution is -2.32. The summed E-state index contributed by atoms with van der Waals surface area (Å²) in [6.07, 6.45) is 3.67. The van der Waals surface area contributed by atoms with Crippen LogP contribution in [0.1, 0.15) is 12.5 Å². The Kier molecular flexibility index (Phi) is 6.58. The summed E-state index contributed by atoms with van der Waals surface area (Å²) in [5.41, 5.74) is 1.06. The molecule has 0 spiro atoms. The highest BCUT2D eigenvalue weighted by Crippen LogP contribution is 2.12. The van der Waals surface area contributed by atoms with Gasteiger partial charge in [-0.2, -0.15) is 11.8 Å².